The maximum Gasteiger partial charge on any atom is 0.133 e. The lowest BCUT2D eigenvalue weighted by Gasteiger charge is -2.38. The number of fused-ring (bicyclic) bond motifs is 1. The molecule has 1 aromatic carbocycles. The normalized spacial score (nSPS) is 20.2. The van der Waals surface area contributed by atoms with Gasteiger partial charge in [0.05, 0.1) is 5.60 Å². The number of halogens is 1. The van der Waals surface area contributed by atoms with Crippen LogP contribution in [0.4, 0.5) is 0 Å². The number of rotatable bonds is 5. The quantitative estimate of drug-likeness (QED) is 0.850. The molecule has 1 aromatic heterocycles. The Hall–Kier alpha value is -1.43. The highest BCUT2D eigenvalue weighted by atomic mass is 35.5. The van der Waals surface area contributed by atoms with E-state index in [9.17, 15) is 5.11 Å². The van der Waals surface area contributed by atoms with Crippen molar-refractivity contribution in [2.45, 2.75) is 63.5 Å². The number of hydrogen-bond donors (Lipinski definition) is 1. The van der Waals surface area contributed by atoms with E-state index < -0.39 is 5.60 Å². The molecule has 6 heteroatoms. The second kappa shape index (κ2) is 8.29. The molecular formula is C21H29ClN4O. The van der Waals surface area contributed by atoms with Crippen LogP contribution in [-0.2, 0) is 25.0 Å². The molecule has 4 rings (SSSR count). The van der Waals surface area contributed by atoms with Crippen molar-refractivity contribution in [3.8, 4) is 0 Å². The molecule has 0 spiro atoms. The third-order valence-electron chi connectivity index (χ3n) is 6.13. The van der Waals surface area contributed by atoms with Crippen LogP contribution in [0.25, 0.3) is 0 Å². The van der Waals surface area contributed by atoms with Gasteiger partial charge in [-0.05, 0) is 56.3 Å². The highest BCUT2D eigenvalue weighted by Gasteiger charge is 2.33. The highest BCUT2D eigenvalue weighted by Crippen LogP contribution is 2.33. The van der Waals surface area contributed by atoms with E-state index in [4.69, 9.17) is 11.6 Å². The van der Waals surface area contributed by atoms with Crippen molar-refractivity contribution < 1.29 is 5.11 Å². The lowest BCUT2D eigenvalue weighted by molar-refractivity contribution is -0.0260. The molecule has 1 saturated heterocycles. The molecule has 2 aliphatic heterocycles. The first kappa shape index (κ1) is 18.9. The van der Waals surface area contributed by atoms with E-state index in [0.717, 1.165) is 69.7 Å². The molecule has 1 N–H and O–H groups in total. The van der Waals surface area contributed by atoms with Gasteiger partial charge in [0.25, 0.3) is 0 Å². The van der Waals surface area contributed by atoms with Gasteiger partial charge < -0.3 is 14.6 Å². The summed E-state index contributed by atoms with van der Waals surface area (Å²) in [7, 11) is 0. The van der Waals surface area contributed by atoms with Gasteiger partial charge in [0.15, 0.2) is 0 Å². The van der Waals surface area contributed by atoms with Crippen LogP contribution in [0.2, 0.25) is 5.02 Å². The predicted octanol–water partition coefficient (Wildman–Crippen LogP) is 3.57. The molecule has 0 saturated carbocycles. The number of likely N-dealkylation sites (tertiary alicyclic amines) is 1. The molecule has 2 aliphatic rings. The molecule has 1 fully saturated rings. The van der Waals surface area contributed by atoms with Crippen LogP contribution in [0.5, 0.6) is 0 Å². The molecule has 0 amide bonds. The highest BCUT2D eigenvalue weighted by molar-refractivity contribution is 6.30. The first-order valence-corrected chi connectivity index (χ1v) is 10.6. The summed E-state index contributed by atoms with van der Waals surface area (Å²) in [6, 6.07) is 7.63. The van der Waals surface area contributed by atoms with Crippen LogP contribution < -0.4 is 0 Å². The first-order valence-electron chi connectivity index (χ1n) is 10.3. The van der Waals surface area contributed by atoms with Crippen molar-refractivity contribution in [1.82, 2.24) is 19.7 Å². The molecule has 0 radical (unpaired) electrons. The van der Waals surface area contributed by atoms with Crippen LogP contribution in [0.3, 0.4) is 0 Å². The first-order chi connectivity index (χ1) is 13.1. The summed E-state index contributed by atoms with van der Waals surface area (Å²) in [4.78, 5) is 2.46. The Kier molecular flexibility index (Phi) is 5.81. The van der Waals surface area contributed by atoms with E-state index >= 15 is 0 Å². The minimum absolute atomic E-state index is 0.714. The van der Waals surface area contributed by atoms with Gasteiger partial charge in [-0.25, -0.2) is 0 Å². The van der Waals surface area contributed by atoms with E-state index in [0.29, 0.717) is 5.02 Å². The zero-order chi connectivity index (χ0) is 18.7. The van der Waals surface area contributed by atoms with E-state index in [1.807, 2.05) is 24.3 Å². The van der Waals surface area contributed by atoms with E-state index in [1.165, 1.54) is 25.1 Å². The second-order valence-electron chi connectivity index (χ2n) is 7.98. The van der Waals surface area contributed by atoms with Gasteiger partial charge in [-0.2, -0.15) is 0 Å². The molecular weight excluding hydrogens is 360 g/mol. The van der Waals surface area contributed by atoms with Gasteiger partial charge in [0, 0.05) is 37.5 Å². The van der Waals surface area contributed by atoms with Crippen molar-refractivity contribution >= 4 is 11.6 Å². The van der Waals surface area contributed by atoms with Gasteiger partial charge in [-0.1, -0.05) is 30.2 Å². The number of benzene rings is 1. The summed E-state index contributed by atoms with van der Waals surface area (Å²) in [6.45, 7) is 3.99. The molecule has 146 valence electrons. The minimum atomic E-state index is -0.717. The summed E-state index contributed by atoms with van der Waals surface area (Å²) >= 11 is 5.97. The Morgan fingerprint density at radius 2 is 1.78 bits per heavy atom. The second-order valence-corrected chi connectivity index (χ2v) is 8.41. The Labute approximate surface area is 166 Å². The third kappa shape index (κ3) is 4.36. The van der Waals surface area contributed by atoms with Crippen molar-refractivity contribution in [3.63, 3.8) is 0 Å². The lowest BCUT2D eigenvalue weighted by Crippen LogP contribution is -2.43. The van der Waals surface area contributed by atoms with Gasteiger partial charge in [0.2, 0.25) is 0 Å². The van der Waals surface area contributed by atoms with Crippen molar-refractivity contribution in [1.29, 1.82) is 0 Å². The summed E-state index contributed by atoms with van der Waals surface area (Å²) in [6.07, 6.45) is 8.48. The molecule has 0 unspecified atom stereocenters. The maximum atomic E-state index is 11.0. The van der Waals surface area contributed by atoms with E-state index in [-0.39, 0.29) is 0 Å². The number of hydrogen-bond acceptors (Lipinski definition) is 4. The summed E-state index contributed by atoms with van der Waals surface area (Å²) < 4.78 is 2.35. The molecule has 2 aromatic rings. The summed E-state index contributed by atoms with van der Waals surface area (Å²) in [5, 5.41) is 20.5. The molecule has 0 atom stereocenters. The number of aryl methyl sites for hydroxylation is 2. The third-order valence-corrected chi connectivity index (χ3v) is 6.38. The maximum absolute atomic E-state index is 11.0. The smallest absolute Gasteiger partial charge is 0.133 e. The Morgan fingerprint density at radius 1 is 1.00 bits per heavy atom. The van der Waals surface area contributed by atoms with Crippen LogP contribution in [-0.4, -0.2) is 44.4 Å². The molecule has 0 aliphatic carbocycles. The van der Waals surface area contributed by atoms with Gasteiger partial charge in [0.1, 0.15) is 11.6 Å². The van der Waals surface area contributed by atoms with Crippen molar-refractivity contribution in [2.75, 3.05) is 19.6 Å². The number of aromatic nitrogens is 3. The number of piperidine rings is 1. The predicted molar refractivity (Wildman–Crippen MR) is 107 cm³/mol. The largest absolute Gasteiger partial charge is 0.385 e. The van der Waals surface area contributed by atoms with Gasteiger partial charge in [-0.15, -0.1) is 10.2 Å². The SMILES string of the molecule is OC1(c2ccc(Cl)cc2)CCN(CCCc2nnc3n2CCCCC3)CC1. The van der Waals surface area contributed by atoms with E-state index in [2.05, 4.69) is 19.7 Å². The van der Waals surface area contributed by atoms with Gasteiger partial charge in [-0.3, -0.25) is 0 Å². The Balaban J connectivity index is 1.26. The topological polar surface area (TPSA) is 54.2 Å². The van der Waals surface area contributed by atoms with Crippen molar-refractivity contribution in [2.24, 2.45) is 0 Å². The molecule has 3 heterocycles. The molecule has 27 heavy (non-hydrogen) atoms. The fourth-order valence-electron chi connectivity index (χ4n) is 4.39. The van der Waals surface area contributed by atoms with Crippen LogP contribution in [0, 0.1) is 0 Å². The lowest BCUT2D eigenvalue weighted by atomic mass is 9.84. The average Bonchev–Trinajstić information content (AvgIpc) is 2.90. The van der Waals surface area contributed by atoms with Crippen molar-refractivity contribution in [3.05, 3.63) is 46.5 Å². The van der Waals surface area contributed by atoms with Crippen LogP contribution in [0.1, 0.15) is 55.7 Å². The zero-order valence-corrected chi connectivity index (χ0v) is 16.7. The standard InChI is InChI=1S/C21H29ClN4O/c22-18-9-7-17(8-10-18)21(27)11-15-25(16-12-21)13-4-6-20-24-23-19-5-2-1-3-14-26(19)20/h7-10,27H,1-6,11-16H2. The zero-order valence-electron chi connectivity index (χ0n) is 15.9. The fraction of sp³-hybridized carbons (Fsp3) is 0.619. The number of nitrogens with zero attached hydrogens (tertiary/aromatic N) is 4. The van der Waals surface area contributed by atoms with Crippen LogP contribution in [0.15, 0.2) is 24.3 Å². The molecule has 5 nitrogen and oxygen atoms in total. The number of aliphatic hydroxyl groups is 1. The summed E-state index contributed by atoms with van der Waals surface area (Å²) in [5.41, 5.74) is 0.267. The monoisotopic (exact) mass is 388 g/mol. The fourth-order valence-corrected chi connectivity index (χ4v) is 4.51. The Bertz CT molecular complexity index is 750. The molecule has 0 bridgehead atoms. The minimum Gasteiger partial charge on any atom is -0.385 e. The Morgan fingerprint density at radius 3 is 2.56 bits per heavy atom. The van der Waals surface area contributed by atoms with Gasteiger partial charge >= 0.3 is 0 Å². The van der Waals surface area contributed by atoms with E-state index in [1.54, 1.807) is 0 Å². The van der Waals surface area contributed by atoms with Crippen LogP contribution >= 0.6 is 11.6 Å². The average molecular weight is 389 g/mol. The summed E-state index contributed by atoms with van der Waals surface area (Å²) in [5.74, 6) is 2.33.